The predicted molar refractivity (Wildman–Crippen MR) is 94.3 cm³/mol. The molecule has 0 spiro atoms. The van der Waals surface area contributed by atoms with Crippen LogP contribution in [-0.4, -0.2) is 11.1 Å². The van der Waals surface area contributed by atoms with Gasteiger partial charge < -0.3 is 9.84 Å². The number of aromatic nitrogens is 1. The average molecular weight is 361 g/mol. The Morgan fingerprint density at radius 2 is 1.96 bits per heavy atom. The van der Waals surface area contributed by atoms with Gasteiger partial charge in [0.1, 0.15) is 17.0 Å². The summed E-state index contributed by atoms with van der Waals surface area (Å²) in [6.07, 6.45) is 0. The first-order chi connectivity index (χ1) is 11.6. The van der Waals surface area contributed by atoms with E-state index in [0.717, 1.165) is 11.1 Å². The van der Waals surface area contributed by atoms with E-state index in [0.29, 0.717) is 33.6 Å². The van der Waals surface area contributed by atoms with E-state index < -0.39 is 0 Å². The molecule has 0 saturated heterocycles. The van der Waals surface area contributed by atoms with Gasteiger partial charge in [-0.3, -0.25) is 4.79 Å². The number of nitrogens with zero attached hydrogens (tertiary/aromatic N) is 1. The average Bonchev–Trinajstić information content (AvgIpc) is 2.95. The maximum absolute atomic E-state index is 12.6. The molecule has 1 aromatic heterocycles. The number of amides is 1. The molecule has 6 heteroatoms. The van der Waals surface area contributed by atoms with Crippen LogP contribution in [0.25, 0.3) is 11.3 Å². The van der Waals surface area contributed by atoms with Crippen LogP contribution in [0.1, 0.15) is 21.7 Å². The molecule has 0 fully saturated rings. The van der Waals surface area contributed by atoms with Crippen molar-refractivity contribution in [3.05, 3.63) is 75.5 Å². The van der Waals surface area contributed by atoms with E-state index in [1.165, 1.54) is 0 Å². The van der Waals surface area contributed by atoms with E-state index in [9.17, 15) is 4.79 Å². The van der Waals surface area contributed by atoms with Crippen molar-refractivity contribution in [2.75, 3.05) is 0 Å². The van der Waals surface area contributed by atoms with Crippen LogP contribution in [-0.2, 0) is 6.54 Å². The standard InChI is InChI=1S/C18H14Cl2N2O2/c1-11-16(17(22-24-11)12-6-4-7-14(19)9-12)18(23)21-10-13-5-2-3-8-15(13)20/h2-9H,10H2,1H3,(H,21,23). The van der Waals surface area contributed by atoms with Crippen molar-refractivity contribution in [2.45, 2.75) is 13.5 Å². The minimum Gasteiger partial charge on any atom is -0.360 e. The van der Waals surface area contributed by atoms with Crippen LogP contribution < -0.4 is 5.32 Å². The molecular formula is C18H14Cl2N2O2. The lowest BCUT2D eigenvalue weighted by Gasteiger charge is -2.07. The number of carbonyl (C=O) groups excluding carboxylic acids is 1. The lowest BCUT2D eigenvalue weighted by molar-refractivity contribution is 0.0950. The molecule has 122 valence electrons. The van der Waals surface area contributed by atoms with E-state index in [-0.39, 0.29) is 5.91 Å². The molecule has 1 N–H and O–H groups in total. The number of aryl methyl sites for hydroxylation is 1. The number of carbonyl (C=O) groups is 1. The topological polar surface area (TPSA) is 55.1 Å². The molecule has 0 aliphatic rings. The summed E-state index contributed by atoms with van der Waals surface area (Å²) in [7, 11) is 0. The molecule has 0 radical (unpaired) electrons. The number of hydrogen-bond acceptors (Lipinski definition) is 3. The Bertz CT molecular complexity index is 890. The maximum Gasteiger partial charge on any atom is 0.257 e. The van der Waals surface area contributed by atoms with E-state index in [1.54, 1.807) is 31.2 Å². The molecule has 3 aromatic rings. The summed E-state index contributed by atoms with van der Waals surface area (Å²) in [5.41, 5.74) is 2.42. The zero-order chi connectivity index (χ0) is 17.1. The molecule has 3 rings (SSSR count). The summed E-state index contributed by atoms with van der Waals surface area (Å²) in [5, 5.41) is 8.02. The predicted octanol–water partition coefficient (Wildman–Crippen LogP) is 4.89. The summed E-state index contributed by atoms with van der Waals surface area (Å²) in [6, 6.07) is 14.5. The van der Waals surface area contributed by atoms with Gasteiger partial charge in [0.25, 0.3) is 5.91 Å². The zero-order valence-electron chi connectivity index (χ0n) is 12.8. The first-order valence-electron chi connectivity index (χ1n) is 7.30. The monoisotopic (exact) mass is 360 g/mol. The van der Waals surface area contributed by atoms with E-state index in [2.05, 4.69) is 10.5 Å². The van der Waals surface area contributed by atoms with Crippen LogP contribution >= 0.6 is 23.2 Å². The molecule has 0 atom stereocenters. The van der Waals surface area contributed by atoms with Crippen molar-refractivity contribution in [3.8, 4) is 11.3 Å². The second-order valence-electron chi connectivity index (χ2n) is 5.25. The molecule has 0 aliphatic carbocycles. The van der Waals surface area contributed by atoms with E-state index in [1.807, 2.05) is 24.3 Å². The summed E-state index contributed by atoms with van der Waals surface area (Å²) >= 11 is 12.1. The first kappa shape index (κ1) is 16.6. The highest BCUT2D eigenvalue weighted by atomic mass is 35.5. The molecule has 24 heavy (non-hydrogen) atoms. The van der Waals surface area contributed by atoms with Crippen LogP contribution in [0.15, 0.2) is 53.1 Å². The smallest absolute Gasteiger partial charge is 0.257 e. The SMILES string of the molecule is Cc1onc(-c2cccc(Cl)c2)c1C(=O)NCc1ccccc1Cl. The van der Waals surface area contributed by atoms with Crippen molar-refractivity contribution in [1.82, 2.24) is 10.5 Å². The lowest BCUT2D eigenvalue weighted by Crippen LogP contribution is -2.23. The highest BCUT2D eigenvalue weighted by molar-refractivity contribution is 6.31. The van der Waals surface area contributed by atoms with E-state index in [4.69, 9.17) is 27.7 Å². The van der Waals surface area contributed by atoms with Crippen molar-refractivity contribution in [2.24, 2.45) is 0 Å². The van der Waals surface area contributed by atoms with Gasteiger partial charge in [0, 0.05) is 22.2 Å². The third-order valence-corrected chi connectivity index (χ3v) is 4.19. The molecule has 0 unspecified atom stereocenters. The highest BCUT2D eigenvalue weighted by Gasteiger charge is 2.21. The minimum atomic E-state index is -0.274. The van der Waals surface area contributed by atoms with Crippen molar-refractivity contribution < 1.29 is 9.32 Å². The molecular weight excluding hydrogens is 347 g/mol. The van der Waals surface area contributed by atoms with Gasteiger partial charge in [-0.25, -0.2) is 0 Å². The quantitative estimate of drug-likeness (QED) is 0.720. The lowest BCUT2D eigenvalue weighted by atomic mass is 10.1. The minimum absolute atomic E-state index is 0.274. The van der Waals surface area contributed by atoms with Crippen LogP contribution in [0.2, 0.25) is 10.0 Å². The van der Waals surface area contributed by atoms with Gasteiger partial charge in [0.15, 0.2) is 0 Å². The third kappa shape index (κ3) is 3.45. The number of rotatable bonds is 4. The van der Waals surface area contributed by atoms with Gasteiger partial charge in [-0.05, 0) is 30.7 Å². The normalized spacial score (nSPS) is 10.6. The second-order valence-corrected chi connectivity index (χ2v) is 6.09. The number of halogens is 2. The number of nitrogens with one attached hydrogen (secondary N) is 1. The molecule has 2 aromatic carbocycles. The number of benzene rings is 2. The Morgan fingerprint density at radius 1 is 1.17 bits per heavy atom. The molecule has 4 nitrogen and oxygen atoms in total. The van der Waals surface area contributed by atoms with Gasteiger partial charge in [-0.1, -0.05) is 58.7 Å². The Morgan fingerprint density at radius 3 is 2.71 bits per heavy atom. The van der Waals surface area contributed by atoms with Gasteiger partial charge >= 0.3 is 0 Å². The third-order valence-electron chi connectivity index (χ3n) is 3.59. The summed E-state index contributed by atoms with van der Waals surface area (Å²) in [4.78, 5) is 12.6. The Hall–Kier alpha value is -2.30. The summed E-state index contributed by atoms with van der Waals surface area (Å²) < 4.78 is 5.21. The molecule has 0 aliphatic heterocycles. The van der Waals surface area contributed by atoms with Crippen LogP contribution in [0.4, 0.5) is 0 Å². The molecule has 0 bridgehead atoms. The number of hydrogen-bond donors (Lipinski definition) is 1. The van der Waals surface area contributed by atoms with Crippen molar-refractivity contribution in [3.63, 3.8) is 0 Å². The van der Waals surface area contributed by atoms with Crippen molar-refractivity contribution >= 4 is 29.1 Å². The Kier molecular flexibility index (Phi) is 4.88. The summed E-state index contributed by atoms with van der Waals surface area (Å²) in [6.45, 7) is 2.02. The van der Waals surface area contributed by atoms with Crippen LogP contribution in [0.3, 0.4) is 0 Å². The Labute approximate surface area is 149 Å². The molecule has 0 saturated carbocycles. The zero-order valence-corrected chi connectivity index (χ0v) is 14.4. The van der Waals surface area contributed by atoms with Gasteiger partial charge in [-0.2, -0.15) is 0 Å². The fourth-order valence-electron chi connectivity index (χ4n) is 2.38. The van der Waals surface area contributed by atoms with Crippen LogP contribution in [0, 0.1) is 6.92 Å². The van der Waals surface area contributed by atoms with Gasteiger partial charge in [0.05, 0.1) is 0 Å². The summed E-state index contributed by atoms with van der Waals surface area (Å²) in [5.74, 6) is 0.172. The fraction of sp³-hybridized carbons (Fsp3) is 0.111. The molecule has 1 heterocycles. The van der Waals surface area contributed by atoms with Crippen LogP contribution in [0.5, 0.6) is 0 Å². The van der Waals surface area contributed by atoms with E-state index >= 15 is 0 Å². The van der Waals surface area contributed by atoms with Gasteiger partial charge in [0.2, 0.25) is 0 Å². The van der Waals surface area contributed by atoms with Crippen molar-refractivity contribution in [1.29, 1.82) is 0 Å². The van der Waals surface area contributed by atoms with Gasteiger partial charge in [-0.15, -0.1) is 0 Å². The maximum atomic E-state index is 12.6. The highest BCUT2D eigenvalue weighted by Crippen LogP contribution is 2.27. The largest absolute Gasteiger partial charge is 0.360 e. The molecule has 1 amide bonds. The Balaban J connectivity index is 1.85. The second kappa shape index (κ2) is 7.07. The fourth-order valence-corrected chi connectivity index (χ4v) is 2.77. The first-order valence-corrected chi connectivity index (χ1v) is 8.05.